The SMILES string of the molecule is CNC(=O)c1ccc(Cl)c(NC(=O)C2CNC(=O)CN2)c1. The van der Waals surface area contributed by atoms with E-state index < -0.39 is 6.04 Å². The Bertz CT molecular complexity index is 581. The molecule has 1 aliphatic heterocycles. The number of nitrogens with one attached hydrogen (secondary N) is 4. The maximum absolute atomic E-state index is 12.1. The third kappa shape index (κ3) is 3.71. The molecule has 1 aliphatic rings. The summed E-state index contributed by atoms with van der Waals surface area (Å²) in [7, 11) is 1.52. The number of hydrogen-bond acceptors (Lipinski definition) is 4. The van der Waals surface area contributed by atoms with Gasteiger partial charge >= 0.3 is 0 Å². The molecule has 1 aromatic carbocycles. The van der Waals surface area contributed by atoms with E-state index in [1.165, 1.54) is 19.2 Å². The average molecular weight is 311 g/mol. The van der Waals surface area contributed by atoms with E-state index in [0.29, 0.717) is 16.3 Å². The molecule has 0 aliphatic carbocycles. The Morgan fingerprint density at radius 1 is 1.38 bits per heavy atom. The van der Waals surface area contributed by atoms with E-state index in [9.17, 15) is 14.4 Å². The van der Waals surface area contributed by atoms with Crippen molar-refractivity contribution in [2.24, 2.45) is 0 Å². The summed E-state index contributed by atoms with van der Waals surface area (Å²) >= 11 is 6.01. The number of rotatable bonds is 3. The lowest BCUT2D eigenvalue weighted by Gasteiger charge is -2.23. The van der Waals surface area contributed by atoms with Crippen LogP contribution in [0.5, 0.6) is 0 Å². The second-order valence-corrected chi connectivity index (χ2v) is 4.91. The number of benzene rings is 1. The van der Waals surface area contributed by atoms with Gasteiger partial charge in [-0.1, -0.05) is 11.6 Å². The smallest absolute Gasteiger partial charge is 0.251 e. The van der Waals surface area contributed by atoms with E-state index in [-0.39, 0.29) is 30.8 Å². The fraction of sp³-hybridized carbons (Fsp3) is 0.308. The topological polar surface area (TPSA) is 99.3 Å². The molecule has 2 rings (SSSR count). The predicted molar refractivity (Wildman–Crippen MR) is 78.3 cm³/mol. The van der Waals surface area contributed by atoms with Crippen molar-refractivity contribution in [3.63, 3.8) is 0 Å². The van der Waals surface area contributed by atoms with E-state index in [1.54, 1.807) is 6.07 Å². The van der Waals surface area contributed by atoms with Crippen LogP contribution in [0.4, 0.5) is 5.69 Å². The fourth-order valence-corrected chi connectivity index (χ4v) is 2.04. The third-order valence-electron chi connectivity index (χ3n) is 3.04. The highest BCUT2D eigenvalue weighted by atomic mass is 35.5. The van der Waals surface area contributed by atoms with Gasteiger partial charge in [0.15, 0.2) is 0 Å². The fourth-order valence-electron chi connectivity index (χ4n) is 1.88. The van der Waals surface area contributed by atoms with E-state index in [2.05, 4.69) is 21.3 Å². The first-order chi connectivity index (χ1) is 10.0. The van der Waals surface area contributed by atoms with Gasteiger partial charge in [-0.15, -0.1) is 0 Å². The van der Waals surface area contributed by atoms with Crippen LogP contribution in [-0.2, 0) is 9.59 Å². The minimum Gasteiger partial charge on any atom is -0.355 e. The van der Waals surface area contributed by atoms with Crippen LogP contribution in [-0.4, -0.2) is 43.9 Å². The Morgan fingerprint density at radius 2 is 2.14 bits per heavy atom. The van der Waals surface area contributed by atoms with Crippen molar-refractivity contribution < 1.29 is 14.4 Å². The Kier molecular flexibility index (Phi) is 4.77. The second kappa shape index (κ2) is 6.55. The van der Waals surface area contributed by atoms with Crippen molar-refractivity contribution in [2.45, 2.75) is 6.04 Å². The Balaban J connectivity index is 2.09. The number of piperazine rings is 1. The van der Waals surface area contributed by atoms with Gasteiger partial charge in [0.05, 0.1) is 17.3 Å². The maximum Gasteiger partial charge on any atom is 0.251 e. The summed E-state index contributed by atoms with van der Waals surface area (Å²) in [5.41, 5.74) is 0.739. The zero-order valence-electron chi connectivity index (χ0n) is 11.3. The van der Waals surface area contributed by atoms with E-state index in [1.807, 2.05) is 0 Å². The van der Waals surface area contributed by atoms with Crippen LogP contribution in [0.1, 0.15) is 10.4 Å². The third-order valence-corrected chi connectivity index (χ3v) is 3.37. The molecular formula is C13H15ClN4O3. The maximum atomic E-state index is 12.1. The summed E-state index contributed by atoms with van der Waals surface area (Å²) in [6, 6.07) is 4.07. The van der Waals surface area contributed by atoms with E-state index >= 15 is 0 Å². The lowest BCUT2D eigenvalue weighted by atomic mass is 10.1. The molecule has 1 saturated heterocycles. The van der Waals surface area contributed by atoms with Crippen molar-refractivity contribution in [1.82, 2.24) is 16.0 Å². The van der Waals surface area contributed by atoms with Crippen LogP contribution in [0.25, 0.3) is 0 Å². The van der Waals surface area contributed by atoms with Gasteiger partial charge in [-0.2, -0.15) is 0 Å². The first-order valence-corrected chi connectivity index (χ1v) is 6.71. The highest BCUT2D eigenvalue weighted by molar-refractivity contribution is 6.34. The first kappa shape index (κ1) is 15.3. The second-order valence-electron chi connectivity index (χ2n) is 4.50. The number of amides is 3. The zero-order chi connectivity index (χ0) is 15.4. The molecule has 112 valence electrons. The van der Waals surface area contributed by atoms with Crippen LogP contribution in [0.15, 0.2) is 18.2 Å². The van der Waals surface area contributed by atoms with Gasteiger partial charge in [0.25, 0.3) is 5.91 Å². The summed E-state index contributed by atoms with van der Waals surface area (Å²) in [6.07, 6.45) is 0. The first-order valence-electron chi connectivity index (χ1n) is 6.34. The number of carbonyl (C=O) groups excluding carboxylic acids is 3. The molecule has 0 aromatic heterocycles. The van der Waals surface area contributed by atoms with Crippen LogP contribution in [0.3, 0.4) is 0 Å². The number of carbonyl (C=O) groups is 3. The lowest BCUT2D eigenvalue weighted by molar-refractivity contribution is -0.124. The molecule has 21 heavy (non-hydrogen) atoms. The zero-order valence-corrected chi connectivity index (χ0v) is 12.1. The standard InChI is InChI=1S/C13H15ClN4O3/c1-15-12(20)7-2-3-8(14)9(4-7)18-13(21)10-5-17-11(19)6-16-10/h2-4,10,16H,5-6H2,1H3,(H,15,20)(H,17,19)(H,18,21). The van der Waals surface area contributed by atoms with Crippen molar-refractivity contribution in [1.29, 1.82) is 0 Å². The summed E-state index contributed by atoms with van der Waals surface area (Å²) in [6.45, 7) is 0.293. The van der Waals surface area contributed by atoms with Gasteiger partial charge in [0.1, 0.15) is 6.04 Å². The minimum absolute atomic E-state index is 0.0874. The molecule has 4 N–H and O–H groups in total. The molecule has 8 heteroatoms. The lowest BCUT2D eigenvalue weighted by Crippen LogP contribution is -2.56. The van der Waals surface area contributed by atoms with Crippen molar-refractivity contribution in [3.8, 4) is 0 Å². The molecule has 3 amide bonds. The van der Waals surface area contributed by atoms with Crippen LogP contribution < -0.4 is 21.3 Å². The van der Waals surface area contributed by atoms with Gasteiger partial charge in [0, 0.05) is 19.2 Å². The summed E-state index contributed by atoms with van der Waals surface area (Å²) in [5.74, 6) is -0.755. The van der Waals surface area contributed by atoms with Crippen molar-refractivity contribution in [2.75, 3.05) is 25.5 Å². The average Bonchev–Trinajstić information content (AvgIpc) is 2.49. The Morgan fingerprint density at radius 3 is 2.76 bits per heavy atom. The van der Waals surface area contributed by atoms with Crippen molar-refractivity contribution in [3.05, 3.63) is 28.8 Å². The van der Waals surface area contributed by atoms with Crippen molar-refractivity contribution >= 4 is 35.0 Å². The molecule has 1 heterocycles. The summed E-state index contributed by atoms with van der Waals surface area (Å²) in [4.78, 5) is 34.7. The molecule has 1 fully saturated rings. The molecule has 0 spiro atoms. The molecule has 1 atom stereocenters. The van der Waals surface area contributed by atoms with Crippen LogP contribution in [0.2, 0.25) is 5.02 Å². The normalized spacial score (nSPS) is 17.8. The largest absolute Gasteiger partial charge is 0.355 e. The molecule has 1 aromatic rings. The van der Waals surface area contributed by atoms with Crippen LogP contribution >= 0.6 is 11.6 Å². The van der Waals surface area contributed by atoms with Crippen LogP contribution in [0, 0.1) is 0 Å². The molecule has 1 unspecified atom stereocenters. The molecular weight excluding hydrogens is 296 g/mol. The Hall–Kier alpha value is -2.12. The summed E-state index contributed by atoms with van der Waals surface area (Å²) < 4.78 is 0. The minimum atomic E-state index is -0.539. The van der Waals surface area contributed by atoms with Gasteiger partial charge in [-0.3, -0.25) is 19.7 Å². The predicted octanol–water partition coefficient (Wildman–Crippen LogP) is -0.274. The van der Waals surface area contributed by atoms with Gasteiger partial charge < -0.3 is 16.0 Å². The monoisotopic (exact) mass is 310 g/mol. The number of hydrogen-bond donors (Lipinski definition) is 4. The molecule has 7 nitrogen and oxygen atoms in total. The highest BCUT2D eigenvalue weighted by Crippen LogP contribution is 2.23. The highest BCUT2D eigenvalue weighted by Gasteiger charge is 2.24. The van der Waals surface area contributed by atoms with Gasteiger partial charge in [-0.25, -0.2) is 0 Å². The van der Waals surface area contributed by atoms with Gasteiger partial charge in [-0.05, 0) is 18.2 Å². The van der Waals surface area contributed by atoms with Gasteiger partial charge in [0.2, 0.25) is 11.8 Å². The number of anilines is 1. The molecule has 0 radical (unpaired) electrons. The molecule has 0 saturated carbocycles. The van der Waals surface area contributed by atoms with E-state index in [4.69, 9.17) is 11.6 Å². The summed E-state index contributed by atoms with van der Waals surface area (Å²) in [5, 5.41) is 10.9. The Labute approximate surface area is 126 Å². The number of halogens is 1. The quantitative estimate of drug-likeness (QED) is 0.617. The van der Waals surface area contributed by atoms with E-state index in [0.717, 1.165) is 0 Å². The molecule has 0 bridgehead atoms.